The number of carbonyl (C=O) groups excluding carboxylic acids is 1. The van der Waals surface area contributed by atoms with E-state index >= 15 is 0 Å². The third-order valence-corrected chi connectivity index (χ3v) is 3.95. The van der Waals surface area contributed by atoms with E-state index in [4.69, 9.17) is 5.11 Å². The van der Waals surface area contributed by atoms with Gasteiger partial charge in [0.05, 0.1) is 11.3 Å². The summed E-state index contributed by atoms with van der Waals surface area (Å²) >= 11 is 0. The minimum Gasteiger partial charge on any atom is -0.481 e. The predicted octanol–water partition coefficient (Wildman–Crippen LogP) is 0.189. The van der Waals surface area contributed by atoms with E-state index in [0.717, 1.165) is 0 Å². The molecule has 0 heterocycles. The first-order valence-electron chi connectivity index (χ1n) is 5.96. The average molecular weight is 300 g/mol. The fourth-order valence-corrected chi connectivity index (χ4v) is 2.48. The van der Waals surface area contributed by atoms with Gasteiger partial charge in [-0.3, -0.25) is 9.59 Å². The Labute approximate surface area is 117 Å². The molecule has 1 amide bonds. The predicted molar refractivity (Wildman–Crippen MR) is 71.9 cm³/mol. The fourth-order valence-electron chi connectivity index (χ4n) is 1.44. The summed E-state index contributed by atoms with van der Waals surface area (Å²) in [5.41, 5.74) is 0.269. The van der Waals surface area contributed by atoms with Crippen LogP contribution in [0.4, 0.5) is 0 Å². The molecule has 1 aromatic rings. The van der Waals surface area contributed by atoms with E-state index in [1.165, 1.54) is 24.3 Å². The van der Waals surface area contributed by atoms with Crippen molar-refractivity contribution in [3.63, 3.8) is 0 Å². The molecule has 1 aromatic carbocycles. The molecule has 0 aliphatic heterocycles. The van der Waals surface area contributed by atoms with Gasteiger partial charge in [0.15, 0.2) is 0 Å². The molecule has 0 radical (unpaired) electrons. The van der Waals surface area contributed by atoms with Crippen LogP contribution in [-0.2, 0) is 14.8 Å². The number of hydrogen-bond donors (Lipinski definition) is 3. The molecule has 110 valence electrons. The first-order chi connectivity index (χ1) is 9.36. The lowest BCUT2D eigenvalue weighted by molar-refractivity contribution is -0.136. The number of nitrogens with one attached hydrogen (secondary N) is 2. The molecule has 20 heavy (non-hydrogen) atoms. The first kappa shape index (κ1) is 16.1. The van der Waals surface area contributed by atoms with Gasteiger partial charge in [0.2, 0.25) is 10.0 Å². The van der Waals surface area contributed by atoms with E-state index < -0.39 is 21.9 Å². The second-order valence-corrected chi connectivity index (χ2v) is 5.69. The number of benzene rings is 1. The zero-order valence-corrected chi connectivity index (χ0v) is 11.7. The Hall–Kier alpha value is -1.93. The monoisotopic (exact) mass is 300 g/mol. The summed E-state index contributed by atoms with van der Waals surface area (Å²) in [7, 11) is -3.54. The van der Waals surface area contributed by atoms with Crippen molar-refractivity contribution in [3.05, 3.63) is 29.8 Å². The van der Waals surface area contributed by atoms with Crippen LogP contribution in [0.5, 0.6) is 0 Å². The summed E-state index contributed by atoms with van der Waals surface area (Å²) in [5, 5.41) is 10.9. The van der Waals surface area contributed by atoms with Gasteiger partial charge in [-0.2, -0.15) is 0 Å². The number of carboxylic acids is 1. The SMILES string of the molecule is CCNS(=O)(=O)c1ccc(C(=O)NCCC(=O)O)cc1. The van der Waals surface area contributed by atoms with E-state index in [9.17, 15) is 18.0 Å². The summed E-state index contributed by atoms with van der Waals surface area (Å²) < 4.78 is 25.7. The number of carbonyl (C=O) groups is 2. The second-order valence-electron chi connectivity index (χ2n) is 3.93. The number of rotatable bonds is 7. The van der Waals surface area contributed by atoms with Crippen LogP contribution in [0.15, 0.2) is 29.2 Å². The first-order valence-corrected chi connectivity index (χ1v) is 7.45. The molecule has 7 nitrogen and oxygen atoms in total. The van der Waals surface area contributed by atoms with Crippen molar-refractivity contribution in [1.29, 1.82) is 0 Å². The molecule has 0 unspecified atom stereocenters. The van der Waals surface area contributed by atoms with E-state index in [1.54, 1.807) is 6.92 Å². The molecule has 0 saturated heterocycles. The van der Waals surface area contributed by atoms with Crippen molar-refractivity contribution >= 4 is 21.9 Å². The Morgan fingerprint density at radius 3 is 2.30 bits per heavy atom. The van der Waals surface area contributed by atoms with Gasteiger partial charge < -0.3 is 10.4 Å². The second kappa shape index (κ2) is 7.01. The van der Waals surface area contributed by atoms with Crippen LogP contribution in [0.3, 0.4) is 0 Å². The van der Waals surface area contributed by atoms with Gasteiger partial charge in [-0.25, -0.2) is 13.1 Å². The van der Waals surface area contributed by atoms with Crippen LogP contribution < -0.4 is 10.0 Å². The summed E-state index contributed by atoms with van der Waals surface area (Å²) in [6, 6.07) is 5.40. The molecule has 0 fully saturated rings. The van der Waals surface area contributed by atoms with Crippen molar-refractivity contribution in [2.75, 3.05) is 13.1 Å². The highest BCUT2D eigenvalue weighted by Gasteiger charge is 2.13. The topological polar surface area (TPSA) is 113 Å². The van der Waals surface area contributed by atoms with Gasteiger partial charge >= 0.3 is 5.97 Å². The van der Waals surface area contributed by atoms with E-state index in [2.05, 4.69) is 10.0 Å². The highest BCUT2D eigenvalue weighted by Crippen LogP contribution is 2.10. The number of aliphatic carboxylic acids is 1. The van der Waals surface area contributed by atoms with Crippen molar-refractivity contribution in [2.24, 2.45) is 0 Å². The van der Waals surface area contributed by atoms with Gasteiger partial charge in [0, 0.05) is 18.7 Å². The van der Waals surface area contributed by atoms with Gasteiger partial charge in [0.1, 0.15) is 0 Å². The molecular weight excluding hydrogens is 284 g/mol. The Kier molecular flexibility index (Phi) is 5.66. The quantitative estimate of drug-likeness (QED) is 0.665. The molecule has 8 heteroatoms. The zero-order valence-electron chi connectivity index (χ0n) is 10.9. The third kappa shape index (κ3) is 4.63. The Morgan fingerprint density at radius 2 is 1.80 bits per heavy atom. The Morgan fingerprint density at radius 1 is 1.20 bits per heavy atom. The van der Waals surface area contributed by atoms with E-state index in [1.807, 2.05) is 0 Å². The molecule has 0 aliphatic carbocycles. The van der Waals surface area contributed by atoms with Crippen molar-refractivity contribution < 1.29 is 23.1 Å². The minimum atomic E-state index is -3.54. The van der Waals surface area contributed by atoms with Crippen molar-refractivity contribution in [2.45, 2.75) is 18.2 Å². The van der Waals surface area contributed by atoms with Crippen LogP contribution in [0.1, 0.15) is 23.7 Å². The average Bonchev–Trinajstić information content (AvgIpc) is 2.38. The summed E-state index contributed by atoms with van der Waals surface area (Å²) in [6.07, 6.45) is -0.168. The molecule has 0 aliphatic rings. The zero-order chi connectivity index (χ0) is 15.2. The lowest BCUT2D eigenvalue weighted by Crippen LogP contribution is -2.26. The van der Waals surface area contributed by atoms with Gasteiger partial charge in [0.25, 0.3) is 5.91 Å². The maximum absolute atomic E-state index is 11.7. The maximum Gasteiger partial charge on any atom is 0.305 e. The standard InChI is InChI=1S/C12H16N2O5S/c1-2-14-20(18,19)10-5-3-9(4-6-10)12(17)13-8-7-11(15)16/h3-6,14H,2,7-8H2,1H3,(H,13,17)(H,15,16). The summed E-state index contributed by atoms with van der Waals surface area (Å²) in [4.78, 5) is 22.0. The van der Waals surface area contributed by atoms with Gasteiger partial charge in [-0.05, 0) is 24.3 Å². The van der Waals surface area contributed by atoms with Crippen LogP contribution in [0.25, 0.3) is 0 Å². The third-order valence-electron chi connectivity index (χ3n) is 2.39. The molecule has 0 saturated carbocycles. The molecule has 0 bridgehead atoms. The summed E-state index contributed by atoms with van der Waals surface area (Å²) in [6.45, 7) is 1.97. The van der Waals surface area contributed by atoms with E-state index in [0.29, 0.717) is 0 Å². The number of carboxylic acid groups (broad SMARTS) is 1. The smallest absolute Gasteiger partial charge is 0.305 e. The molecule has 0 spiro atoms. The van der Waals surface area contributed by atoms with Crippen LogP contribution in [0.2, 0.25) is 0 Å². The molecule has 3 N–H and O–H groups in total. The Bertz CT molecular complexity index is 580. The van der Waals surface area contributed by atoms with Crippen LogP contribution in [-0.4, -0.2) is 38.5 Å². The Balaban J connectivity index is 2.71. The van der Waals surface area contributed by atoms with Gasteiger partial charge in [-0.15, -0.1) is 0 Å². The minimum absolute atomic E-state index is 0.0195. The van der Waals surface area contributed by atoms with Crippen LogP contribution >= 0.6 is 0 Å². The number of hydrogen-bond acceptors (Lipinski definition) is 4. The normalized spacial score (nSPS) is 11.1. The highest BCUT2D eigenvalue weighted by atomic mass is 32.2. The van der Waals surface area contributed by atoms with Crippen molar-refractivity contribution in [1.82, 2.24) is 10.0 Å². The fraction of sp³-hybridized carbons (Fsp3) is 0.333. The summed E-state index contributed by atoms with van der Waals surface area (Å²) in [5.74, 6) is -1.45. The van der Waals surface area contributed by atoms with Crippen LogP contribution in [0, 0.1) is 0 Å². The molecular formula is C12H16N2O5S. The molecule has 1 rings (SSSR count). The van der Waals surface area contributed by atoms with Gasteiger partial charge in [-0.1, -0.05) is 6.92 Å². The number of amides is 1. The van der Waals surface area contributed by atoms with E-state index in [-0.39, 0.29) is 30.0 Å². The lowest BCUT2D eigenvalue weighted by Gasteiger charge is -2.06. The highest BCUT2D eigenvalue weighted by molar-refractivity contribution is 7.89. The number of sulfonamides is 1. The van der Waals surface area contributed by atoms with Crippen molar-refractivity contribution in [3.8, 4) is 0 Å². The largest absolute Gasteiger partial charge is 0.481 e. The lowest BCUT2D eigenvalue weighted by atomic mass is 10.2. The maximum atomic E-state index is 11.7. The molecule has 0 atom stereocenters. The molecule has 0 aromatic heterocycles.